The fourth-order valence-electron chi connectivity index (χ4n) is 1.86. The topological polar surface area (TPSA) is 29.5 Å². The number of ether oxygens (including phenoxy) is 1. The van der Waals surface area contributed by atoms with Gasteiger partial charge < -0.3 is 9.84 Å². The van der Waals surface area contributed by atoms with E-state index in [1.165, 1.54) is 13.0 Å². The minimum Gasteiger partial charge on any atom is -0.457 e. The molecule has 0 saturated heterocycles. The van der Waals surface area contributed by atoms with E-state index in [0.717, 1.165) is 5.56 Å². The van der Waals surface area contributed by atoms with Gasteiger partial charge in [0.25, 0.3) is 0 Å². The van der Waals surface area contributed by atoms with Crippen LogP contribution in [0.25, 0.3) is 0 Å². The molecule has 100 valence electrons. The van der Waals surface area contributed by atoms with E-state index in [1.807, 2.05) is 6.92 Å². The van der Waals surface area contributed by atoms with Crippen molar-refractivity contribution in [3.8, 4) is 11.5 Å². The maximum absolute atomic E-state index is 13.7. The lowest BCUT2D eigenvalue weighted by molar-refractivity contribution is 0.190. The molecule has 1 N–H and O–H groups in total. The average molecular weight is 281 g/mol. The molecule has 0 amide bonds. The Morgan fingerprint density at radius 3 is 2.58 bits per heavy atom. The molecule has 0 spiro atoms. The number of hydrogen-bond acceptors (Lipinski definition) is 2. The molecular formula is C15H14ClFO2. The van der Waals surface area contributed by atoms with Crippen LogP contribution in [0.15, 0.2) is 36.4 Å². The first-order chi connectivity index (χ1) is 8.99. The number of aryl methyl sites for hydroxylation is 1. The van der Waals surface area contributed by atoms with E-state index in [9.17, 15) is 9.50 Å². The van der Waals surface area contributed by atoms with Crippen LogP contribution in [0.5, 0.6) is 11.5 Å². The quantitative estimate of drug-likeness (QED) is 0.888. The van der Waals surface area contributed by atoms with E-state index in [2.05, 4.69) is 0 Å². The molecule has 0 aliphatic carbocycles. The lowest BCUT2D eigenvalue weighted by atomic mass is 10.1. The van der Waals surface area contributed by atoms with E-state index < -0.39 is 11.9 Å². The Morgan fingerprint density at radius 2 is 1.95 bits per heavy atom. The summed E-state index contributed by atoms with van der Waals surface area (Å²) >= 11 is 5.87. The molecule has 1 atom stereocenters. The molecule has 2 nitrogen and oxygen atoms in total. The predicted molar refractivity (Wildman–Crippen MR) is 73.3 cm³/mol. The lowest BCUT2D eigenvalue weighted by Crippen LogP contribution is -2.00. The van der Waals surface area contributed by atoms with Crippen molar-refractivity contribution in [3.05, 3.63) is 58.4 Å². The average Bonchev–Trinajstić information content (AvgIpc) is 2.32. The molecule has 0 aromatic heterocycles. The summed E-state index contributed by atoms with van der Waals surface area (Å²) in [6, 6.07) is 9.64. The zero-order chi connectivity index (χ0) is 14.0. The van der Waals surface area contributed by atoms with Gasteiger partial charge in [-0.15, -0.1) is 0 Å². The number of aliphatic hydroxyl groups excluding tert-OH is 1. The van der Waals surface area contributed by atoms with Crippen LogP contribution >= 0.6 is 11.6 Å². The highest BCUT2D eigenvalue weighted by molar-refractivity contribution is 6.30. The largest absolute Gasteiger partial charge is 0.457 e. The highest BCUT2D eigenvalue weighted by Gasteiger charge is 2.15. The van der Waals surface area contributed by atoms with Gasteiger partial charge in [-0.25, -0.2) is 4.39 Å². The zero-order valence-corrected chi connectivity index (χ0v) is 11.4. The van der Waals surface area contributed by atoms with Gasteiger partial charge in [-0.2, -0.15) is 0 Å². The Balaban J connectivity index is 2.41. The summed E-state index contributed by atoms with van der Waals surface area (Å²) in [5, 5.41) is 10.2. The van der Waals surface area contributed by atoms with Crippen molar-refractivity contribution in [1.29, 1.82) is 0 Å². The summed E-state index contributed by atoms with van der Waals surface area (Å²) in [5.74, 6) is 0.399. The second-order valence-electron chi connectivity index (χ2n) is 4.34. The second-order valence-corrected chi connectivity index (χ2v) is 4.78. The number of benzene rings is 2. The van der Waals surface area contributed by atoms with Gasteiger partial charge >= 0.3 is 0 Å². The smallest absolute Gasteiger partial charge is 0.136 e. The molecule has 2 aromatic carbocycles. The first kappa shape index (κ1) is 13.8. The van der Waals surface area contributed by atoms with E-state index in [4.69, 9.17) is 16.3 Å². The van der Waals surface area contributed by atoms with Crippen LogP contribution in [0.4, 0.5) is 4.39 Å². The van der Waals surface area contributed by atoms with Crippen molar-refractivity contribution >= 4 is 11.6 Å². The van der Waals surface area contributed by atoms with E-state index in [-0.39, 0.29) is 5.56 Å². The van der Waals surface area contributed by atoms with Crippen LogP contribution in [0, 0.1) is 12.7 Å². The molecular weight excluding hydrogens is 267 g/mol. The first-order valence-electron chi connectivity index (χ1n) is 5.89. The molecule has 0 unspecified atom stereocenters. The monoisotopic (exact) mass is 280 g/mol. The summed E-state index contributed by atoms with van der Waals surface area (Å²) < 4.78 is 19.4. The Bertz CT molecular complexity index is 597. The van der Waals surface area contributed by atoms with Gasteiger partial charge in [0, 0.05) is 5.02 Å². The van der Waals surface area contributed by atoms with Crippen LogP contribution in [-0.4, -0.2) is 5.11 Å². The Hall–Kier alpha value is -1.58. The highest BCUT2D eigenvalue weighted by atomic mass is 35.5. The third kappa shape index (κ3) is 3.06. The lowest BCUT2D eigenvalue weighted by Gasteiger charge is -2.15. The van der Waals surface area contributed by atoms with Crippen molar-refractivity contribution in [2.24, 2.45) is 0 Å². The van der Waals surface area contributed by atoms with Crippen LogP contribution in [0.3, 0.4) is 0 Å². The van der Waals surface area contributed by atoms with Gasteiger partial charge in [0.1, 0.15) is 17.3 Å². The van der Waals surface area contributed by atoms with E-state index in [0.29, 0.717) is 16.5 Å². The Labute approximate surface area is 116 Å². The summed E-state index contributed by atoms with van der Waals surface area (Å²) in [5.41, 5.74) is 0.991. The number of halogens is 2. The highest BCUT2D eigenvalue weighted by Crippen LogP contribution is 2.33. The fraction of sp³-hybridized carbons (Fsp3) is 0.200. The summed E-state index contributed by atoms with van der Waals surface area (Å²) in [7, 11) is 0. The third-order valence-electron chi connectivity index (χ3n) is 2.79. The molecule has 0 aliphatic rings. The van der Waals surface area contributed by atoms with Gasteiger partial charge in [-0.3, -0.25) is 0 Å². The standard InChI is InChI=1S/C15H14ClFO2/c1-9-8-11(16)6-7-13(9)19-14-5-3-4-12(17)15(14)10(2)18/h3-8,10,18H,1-2H3/t10-/m0/s1. The van der Waals surface area contributed by atoms with Crippen molar-refractivity contribution in [3.63, 3.8) is 0 Å². The first-order valence-corrected chi connectivity index (χ1v) is 6.27. The minimum atomic E-state index is -0.941. The number of rotatable bonds is 3. The molecule has 0 saturated carbocycles. The van der Waals surface area contributed by atoms with E-state index in [1.54, 1.807) is 30.3 Å². The molecule has 19 heavy (non-hydrogen) atoms. The summed E-state index contributed by atoms with van der Waals surface area (Å²) in [6.07, 6.45) is -0.941. The van der Waals surface area contributed by atoms with Gasteiger partial charge in [-0.1, -0.05) is 17.7 Å². The van der Waals surface area contributed by atoms with Crippen molar-refractivity contribution in [2.45, 2.75) is 20.0 Å². The fourth-order valence-corrected chi connectivity index (χ4v) is 2.08. The normalized spacial score (nSPS) is 12.3. The molecule has 0 fully saturated rings. The number of hydrogen-bond donors (Lipinski definition) is 1. The van der Waals surface area contributed by atoms with Crippen molar-refractivity contribution in [2.75, 3.05) is 0 Å². The van der Waals surface area contributed by atoms with Crippen molar-refractivity contribution < 1.29 is 14.2 Å². The molecule has 0 aliphatic heterocycles. The van der Waals surface area contributed by atoms with Gasteiger partial charge in [0.15, 0.2) is 0 Å². The molecule has 0 heterocycles. The third-order valence-corrected chi connectivity index (χ3v) is 3.02. The minimum absolute atomic E-state index is 0.150. The Morgan fingerprint density at radius 1 is 1.21 bits per heavy atom. The second kappa shape index (κ2) is 5.59. The van der Waals surface area contributed by atoms with Crippen LogP contribution in [0.1, 0.15) is 24.2 Å². The molecule has 0 bridgehead atoms. The predicted octanol–water partition coefficient (Wildman–Crippen LogP) is 4.63. The van der Waals surface area contributed by atoms with Crippen molar-refractivity contribution in [1.82, 2.24) is 0 Å². The zero-order valence-electron chi connectivity index (χ0n) is 10.7. The summed E-state index contributed by atoms with van der Waals surface area (Å²) in [6.45, 7) is 3.35. The van der Waals surface area contributed by atoms with E-state index >= 15 is 0 Å². The Kier molecular flexibility index (Phi) is 4.08. The number of aliphatic hydroxyl groups is 1. The van der Waals surface area contributed by atoms with Crippen LogP contribution in [-0.2, 0) is 0 Å². The van der Waals surface area contributed by atoms with Gasteiger partial charge in [0.05, 0.1) is 11.7 Å². The SMILES string of the molecule is Cc1cc(Cl)ccc1Oc1cccc(F)c1[C@H](C)O. The van der Waals surface area contributed by atoms with Gasteiger partial charge in [0.2, 0.25) is 0 Å². The maximum atomic E-state index is 13.7. The summed E-state index contributed by atoms with van der Waals surface area (Å²) in [4.78, 5) is 0. The molecule has 0 radical (unpaired) electrons. The van der Waals surface area contributed by atoms with Gasteiger partial charge in [-0.05, 0) is 49.7 Å². The maximum Gasteiger partial charge on any atom is 0.136 e. The van der Waals surface area contributed by atoms with Crippen LogP contribution in [0.2, 0.25) is 5.02 Å². The molecule has 2 rings (SSSR count). The molecule has 4 heteroatoms. The molecule has 2 aromatic rings. The van der Waals surface area contributed by atoms with Crippen LogP contribution < -0.4 is 4.74 Å².